The molecule has 0 spiro atoms. The summed E-state index contributed by atoms with van der Waals surface area (Å²) in [6.45, 7) is 0. The first kappa shape index (κ1) is 16.1. The van der Waals surface area contributed by atoms with Crippen molar-refractivity contribution in [2.75, 3.05) is 5.32 Å². The lowest BCUT2D eigenvalue weighted by Crippen LogP contribution is -2.17. The molecule has 2 aromatic carbocycles. The Bertz CT molecular complexity index is 813. The molecule has 0 aliphatic rings. The van der Waals surface area contributed by atoms with E-state index in [1.54, 1.807) is 29.7 Å². The fourth-order valence-electron chi connectivity index (χ4n) is 2.12. The number of hydrogen-bond donors (Lipinski definition) is 1. The molecule has 116 valence electrons. The standard InChI is InChI=1S/C17H14IN3OS/c1-21-16(13(18)11-19-21)17(22)20-14-9-5-6-10-15(14)23-12-7-3-2-4-8-12/h2-11H,1H3,(H,20,22). The first-order chi connectivity index (χ1) is 11.1. The normalized spacial score (nSPS) is 10.5. The summed E-state index contributed by atoms with van der Waals surface area (Å²) in [5.74, 6) is -0.157. The van der Waals surface area contributed by atoms with Crippen LogP contribution in [-0.4, -0.2) is 15.7 Å². The minimum absolute atomic E-state index is 0.157. The Kier molecular flexibility index (Phi) is 5.02. The number of anilines is 1. The summed E-state index contributed by atoms with van der Waals surface area (Å²) in [7, 11) is 1.77. The topological polar surface area (TPSA) is 46.9 Å². The Morgan fingerprint density at radius 3 is 2.52 bits per heavy atom. The van der Waals surface area contributed by atoms with Crippen molar-refractivity contribution in [3.63, 3.8) is 0 Å². The Balaban J connectivity index is 1.85. The molecule has 3 rings (SSSR count). The average Bonchev–Trinajstić information content (AvgIpc) is 2.89. The summed E-state index contributed by atoms with van der Waals surface area (Å²) >= 11 is 3.74. The molecule has 1 N–H and O–H groups in total. The summed E-state index contributed by atoms with van der Waals surface area (Å²) < 4.78 is 2.42. The van der Waals surface area contributed by atoms with E-state index in [0.717, 1.165) is 19.0 Å². The van der Waals surface area contributed by atoms with E-state index < -0.39 is 0 Å². The molecule has 23 heavy (non-hydrogen) atoms. The fraction of sp³-hybridized carbons (Fsp3) is 0.0588. The van der Waals surface area contributed by atoms with E-state index >= 15 is 0 Å². The van der Waals surface area contributed by atoms with Gasteiger partial charge in [-0.25, -0.2) is 0 Å². The van der Waals surface area contributed by atoms with Crippen LogP contribution in [0.25, 0.3) is 0 Å². The van der Waals surface area contributed by atoms with Gasteiger partial charge in [0, 0.05) is 16.8 Å². The molecule has 1 heterocycles. The molecule has 6 heteroatoms. The summed E-state index contributed by atoms with van der Waals surface area (Å²) in [4.78, 5) is 14.7. The number of carbonyl (C=O) groups is 1. The lowest BCUT2D eigenvalue weighted by atomic mass is 10.3. The molecule has 0 aliphatic carbocycles. The van der Waals surface area contributed by atoms with E-state index in [4.69, 9.17) is 0 Å². The predicted molar refractivity (Wildman–Crippen MR) is 101 cm³/mol. The molecular weight excluding hydrogens is 421 g/mol. The van der Waals surface area contributed by atoms with Crippen LogP contribution in [0.4, 0.5) is 5.69 Å². The average molecular weight is 435 g/mol. The highest BCUT2D eigenvalue weighted by Crippen LogP contribution is 2.33. The van der Waals surface area contributed by atoms with Crippen LogP contribution in [0.3, 0.4) is 0 Å². The van der Waals surface area contributed by atoms with Crippen LogP contribution in [0.15, 0.2) is 70.6 Å². The van der Waals surface area contributed by atoms with Gasteiger partial charge in [-0.05, 0) is 46.9 Å². The van der Waals surface area contributed by atoms with Crippen molar-refractivity contribution in [2.24, 2.45) is 7.05 Å². The van der Waals surface area contributed by atoms with Crippen LogP contribution >= 0.6 is 34.4 Å². The molecule has 1 aromatic heterocycles. The summed E-state index contributed by atoms with van der Waals surface area (Å²) in [5.41, 5.74) is 1.36. The van der Waals surface area contributed by atoms with Gasteiger partial charge in [-0.3, -0.25) is 9.48 Å². The van der Waals surface area contributed by atoms with Crippen LogP contribution in [-0.2, 0) is 7.05 Å². The molecule has 4 nitrogen and oxygen atoms in total. The zero-order valence-electron chi connectivity index (χ0n) is 12.4. The maximum atomic E-state index is 12.5. The number of carbonyl (C=O) groups excluding carboxylic acids is 1. The largest absolute Gasteiger partial charge is 0.320 e. The number of rotatable bonds is 4. The molecule has 0 bridgehead atoms. The first-order valence-electron chi connectivity index (χ1n) is 6.96. The second kappa shape index (κ2) is 7.18. The first-order valence-corrected chi connectivity index (χ1v) is 8.85. The highest BCUT2D eigenvalue weighted by Gasteiger charge is 2.16. The van der Waals surface area contributed by atoms with Gasteiger partial charge in [-0.15, -0.1) is 0 Å². The van der Waals surface area contributed by atoms with E-state index in [9.17, 15) is 4.79 Å². The van der Waals surface area contributed by atoms with Crippen LogP contribution in [0.5, 0.6) is 0 Å². The third-order valence-electron chi connectivity index (χ3n) is 3.22. The van der Waals surface area contributed by atoms with Gasteiger partial charge in [0.15, 0.2) is 0 Å². The quantitative estimate of drug-likeness (QED) is 0.617. The van der Waals surface area contributed by atoms with Gasteiger partial charge in [-0.1, -0.05) is 42.1 Å². The minimum atomic E-state index is -0.157. The highest BCUT2D eigenvalue weighted by molar-refractivity contribution is 14.1. The van der Waals surface area contributed by atoms with Gasteiger partial charge in [0.1, 0.15) is 5.69 Å². The summed E-state index contributed by atoms with van der Waals surface area (Å²) in [5, 5.41) is 7.10. The monoisotopic (exact) mass is 435 g/mol. The number of benzene rings is 2. The Morgan fingerprint density at radius 2 is 1.83 bits per heavy atom. The van der Waals surface area contributed by atoms with Crippen LogP contribution in [0, 0.1) is 3.57 Å². The van der Waals surface area contributed by atoms with Crippen molar-refractivity contribution in [3.8, 4) is 0 Å². The lowest BCUT2D eigenvalue weighted by Gasteiger charge is -2.11. The second-order valence-corrected chi connectivity index (χ2v) is 7.11. The predicted octanol–water partition coefficient (Wildman–Crippen LogP) is 4.43. The van der Waals surface area contributed by atoms with Gasteiger partial charge < -0.3 is 5.32 Å². The number of aromatic nitrogens is 2. The zero-order valence-corrected chi connectivity index (χ0v) is 15.3. The number of para-hydroxylation sites is 1. The zero-order chi connectivity index (χ0) is 16.2. The van der Waals surface area contributed by atoms with Gasteiger partial charge in [0.2, 0.25) is 0 Å². The van der Waals surface area contributed by atoms with Crippen LogP contribution in [0.2, 0.25) is 0 Å². The van der Waals surface area contributed by atoms with Crippen molar-refractivity contribution >= 4 is 45.9 Å². The third-order valence-corrected chi connectivity index (χ3v) is 5.09. The van der Waals surface area contributed by atoms with Crippen molar-refractivity contribution in [3.05, 3.63) is 70.1 Å². The molecule has 0 saturated carbocycles. The SMILES string of the molecule is Cn1ncc(I)c1C(=O)Nc1ccccc1Sc1ccccc1. The van der Waals surface area contributed by atoms with E-state index in [1.807, 2.05) is 54.6 Å². The van der Waals surface area contributed by atoms with Gasteiger partial charge in [-0.2, -0.15) is 5.10 Å². The summed E-state index contributed by atoms with van der Waals surface area (Å²) in [6.07, 6.45) is 1.68. The Hall–Kier alpha value is -1.80. The van der Waals surface area contributed by atoms with E-state index in [2.05, 4.69) is 33.0 Å². The maximum absolute atomic E-state index is 12.5. The molecule has 0 fully saturated rings. The number of amides is 1. The number of nitrogens with one attached hydrogen (secondary N) is 1. The molecule has 0 unspecified atom stereocenters. The van der Waals surface area contributed by atoms with Crippen LogP contribution < -0.4 is 5.32 Å². The van der Waals surface area contributed by atoms with Crippen LogP contribution in [0.1, 0.15) is 10.5 Å². The molecule has 0 aliphatic heterocycles. The number of nitrogens with zero attached hydrogens (tertiary/aromatic N) is 2. The Labute approximate surface area is 152 Å². The van der Waals surface area contributed by atoms with E-state index in [0.29, 0.717) is 5.69 Å². The molecule has 0 atom stereocenters. The number of hydrogen-bond acceptors (Lipinski definition) is 3. The fourth-order valence-corrected chi connectivity index (χ4v) is 3.76. The molecule has 0 saturated heterocycles. The van der Waals surface area contributed by atoms with E-state index in [-0.39, 0.29) is 5.91 Å². The van der Waals surface area contributed by atoms with Crippen molar-refractivity contribution in [2.45, 2.75) is 9.79 Å². The van der Waals surface area contributed by atoms with Gasteiger partial charge in [0.05, 0.1) is 15.5 Å². The minimum Gasteiger partial charge on any atom is -0.320 e. The molecular formula is C17H14IN3OS. The van der Waals surface area contributed by atoms with Gasteiger partial charge in [0.25, 0.3) is 5.91 Å². The van der Waals surface area contributed by atoms with Gasteiger partial charge >= 0.3 is 0 Å². The van der Waals surface area contributed by atoms with E-state index in [1.165, 1.54) is 0 Å². The molecule has 0 radical (unpaired) electrons. The highest BCUT2D eigenvalue weighted by atomic mass is 127. The van der Waals surface area contributed by atoms with Crippen molar-refractivity contribution in [1.82, 2.24) is 9.78 Å². The number of aryl methyl sites for hydroxylation is 1. The molecule has 1 amide bonds. The van der Waals surface area contributed by atoms with Crippen molar-refractivity contribution in [1.29, 1.82) is 0 Å². The summed E-state index contributed by atoms with van der Waals surface area (Å²) in [6, 6.07) is 17.9. The smallest absolute Gasteiger partial charge is 0.275 e. The second-order valence-electron chi connectivity index (χ2n) is 4.83. The maximum Gasteiger partial charge on any atom is 0.275 e. The number of halogens is 1. The van der Waals surface area contributed by atoms with Crippen molar-refractivity contribution < 1.29 is 4.79 Å². The molecule has 3 aromatic rings. The third kappa shape index (κ3) is 3.76. The lowest BCUT2D eigenvalue weighted by molar-refractivity contribution is 0.101. The Morgan fingerprint density at radius 1 is 1.13 bits per heavy atom.